The molecule has 110 valence electrons. The Hall–Kier alpha value is -0.440. The molecule has 1 aliphatic heterocycles. The van der Waals surface area contributed by atoms with Gasteiger partial charge in [0, 0.05) is 11.5 Å². The van der Waals surface area contributed by atoms with Gasteiger partial charge in [-0.05, 0) is 19.3 Å². The third-order valence-corrected chi connectivity index (χ3v) is 4.93. The van der Waals surface area contributed by atoms with Crippen LogP contribution in [0, 0.1) is 0 Å². The number of esters is 2. The van der Waals surface area contributed by atoms with E-state index in [4.69, 9.17) is 20.9 Å². The van der Waals surface area contributed by atoms with Crippen LogP contribution in [0.1, 0.15) is 19.3 Å². The van der Waals surface area contributed by atoms with Gasteiger partial charge in [0.25, 0.3) is 0 Å². The van der Waals surface area contributed by atoms with Crippen molar-refractivity contribution in [3.63, 3.8) is 0 Å². The summed E-state index contributed by atoms with van der Waals surface area (Å²) in [4.78, 5) is 23.0. The molecule has 6 nitrogen and oxygen atoms in total. The number of ether oxygens (including phenoxy) is 2. The topological polar surface area (TPSA) is 105 Å². The van der Waals surface area contributed by atoms with Crippen molar-refractivity contribution in [2.45, 2.75) is 31.3 Å². The van der Waals surface area contributed by atoms with Crippen LogP contribution in [-0.2, 0) is 19.1 Å². The molecule has 1 heterocycles. The zero-order valence-electron chi connectivity index (χ0n) is 10.7. The standard InChI is InChI=1S/C11H20N2O4S2/c12-8-6-18-19-7-9(13)11(15)17-5-3-1-2-4-16-10(8)14/h8-9H,1-7,12-13H2/t8-,9?/m0/s1. The predicted molar refractivity (Wildman–Crippen MR) is 76.6 cm³/mol. The van der Waals surface area contributed by atoms with E-state index in [0.29, 0.717) is 24.7 Å². The van der Waals surface area contributed by atoms with Gasteiger partial charge in [-0.3, -0.25) is 9.59 Å². The first-order valence-electron chi connectivity index (χ1n) is 6.20. The quantitative estimate of drug-likeness (QED) is 0.486. The van der Waals surface area contributed by atoms with E-state index in [1.54, 1.807) is 0 Å². The molecule has 0 aliphatic carbocycles. The third-order valence-electron chi connectivity index (χ3n) is 2.46. The van der Waals surface area contributed by atoms with Gasteiger partial charge in [0.2, 0.25) is 0 Å². The molecule has 8 heteroatoms. The highest BCUT2D eigenvalue weighted by atomic mass is 33.1. The van der Waals surface area contributed by atoms with E-state index >= 15 is 0 Å². The van der Waals surface area contributed by atoms with Gasteiger partial charge in [-0.25, -0.2) is 0 Å². The Morgan fingerprint density at radius 3 is 1.68 bits per heavy atom. The van der Waals surface area contributed by atoms with Crippen molar-refractivity contribution < 1.29 is 19.1 Å². The lowest BCUT2D eigenvalue weighted by molar-refractivity contribution is -0.144. The zero-order chi connectivity index (χ0) is 14.1. The van der Waals surface area contributed by atoms with Crippen LogP contribution >= 0.6 is 21.6 Å². The van der Waals surface area contributed by atoms with E-state index in [9.17, 15) is 9.59 Å². The molecular formula is C11H20N2O4S2. The van der Waals surface area contributed by atoms with Crippen LogP contribution in [0.2, 0.25) is 0 Å². The van der Waals surface area contributed by atoms with Crippen LogP contribution in [0.4, 0.5) is 0 Å². The van der Waals surface area contributed by atoms with Gasteiger partial charge in [-0.2, -0.15) is 0 Å². The van der Waals surface area contributed by atoms with Crippen LogP contribution in [0.15, 0.2) is 0 Å². The summed E-state index contributed by atoms with van der Waals surface area (Å²) in [5, 5.41) is 0. The maximum atomic E-state index is 11.5. The molecule has 4 N–H and O–H groups in total. The van der Waals surface area contributed by atoms with Gasteiger partial charge >= 0.3 is 11.9 Å². The van der Waals surface area contributed by atoms with Crippen molar-refractivity contribution in [3.8, 4) is 0 Å². The molecule has 1 unspecified atom stereocenters. The molecule has 19 heavy (non-hydrogen) atoms. The summed E-state index contributed by atoms with van der Waals surface area (Å²) < 4.78 is 10.1. The van der Waals surface area contributed by atoms with Gasteiger partial charge in [-0.1, -0.05) is 21.6 Å². The molecule has 0 bridgehead atoms. The maximum Gasteiger partial charge on any atom is 0.323 e. The third kappa shape index (κ3) is 7.05. The molecule has 1 fully saturated rings. The number of hydrogen-bond donors (Lipinski definition) is 2. The van der Waals surface area contributed by atoms with Crippen molar-refractivity contribution in [1.82, 2.24) is 0 Å². The van der Waals surface area contributed by atoms with Crippen LogP contribution in [0.25, 0.3) is 0 Å². The Bertz CT molecular complexity index is 276. The Morgan fingerprint density at radius 2 is 1.26 bits per heavy atom. The lowest BCUT2D eigenvalue weighted by Crippen LogP contribution is -2.35. The average molecular weight is 308 g/mol. The largest absolute Gasteiger partial charge is 0.465 e. The molecule has 0 radical (unpaired) electrons. The maximum absolute atomic E-state index is 11.5. The fourth-order valence-electron chi connectivity index (χ4n) is 1.32. The minimum absolute atomic E-state index is 0.359. The minimum atomic E-state index is -0.634. The monoisotopic (exact) mass is 308 g/mol. The second kappa shape index (κ2) is 9.46. The highest BCUT2D eigenvalue weighted by Gasteiger charge is 2.18. The molecule has 1 aliphatic rings. The molecule has 0 aromatic heterocycles. The Kier molecular flexibility index (Phi) is 8.27. The minimum Gasteiger partial charge on any atom is -0.465 e. The van der Waals surface area contributed by atoms with E-state index in [1.807, 2.05) is 0 Å². The Balaban J connectivity index is 2.42. The van der Waals surface area contributed by atoms with Crippen molar-refractivity contribution in [2.75, 3.05) is 24.7 Å². The zero-order valence-corrected chi connectivity index (χ0v) is 12.3. The second-order valence-electron chi connectivity index (χ2n) is 4.18. The van der Waals surface area contributed by atoms with E-state index in [1.165, 1.54) is 21.6 Å². The first kappa shape index (κ1) is 16.6. The average Bonchev–Trinajstić information content (AvgIpc) is 2.40. The van der Waals surface area contributed by atoms with Gasteiger partial charge in [-0.15, -0.1) is 0 Å². The highest BCUT2D eigenvalue weighted by Crippen LogP contribution is 2.22. The smallest absolute Gasteiger partial charge is 0.323 e. The van der Waals surface area contributed by atoms with E-state index in [-0.39, 0.29) is 11.9 Å². The van der Waals surface area contributed by atoms with Crippen LogP contribution in [0.3, 0.4) is 0 Å². The van der Waals surface area contributed by atoms with Gasteiger partial charge in [0.15, 0.2) is 0 Å². The summed E-state index contributed by atoms with van der Waals surface area (Å²) in [6, 6.07) is -1.27. The summed E-state index contributed by atoms with van der Waals surface area (Å²) >= 11 is 0. The molecule has 2 atom stereocenters. The number of rotatable bonds is 0. The molecule has 0 aromatic carbocycles. The van der Waals surface area contributed by atoms with Crippen molar-refractivity contribution in [2.24, 2.45) is 11.5 Å². The Labute approximate surface area is 120 Å². The molecule has 1 saturated heterocycles. The lowest BCUT2D eigenvalue weighted by Gasteiger charge is -2.11. The molecule has 1 rings (SSSR count). The van der Waals surface area contributed by atoms with Crippen LogP contribution < -0.4 is 11.5 Å². The lowest BCUT2D eigenvalue weighted by atomic mass is 10.2. The van der Waals surface area contributed by atoms with Crippen molar-refractivity contribution in [1.29, 1.82) is 0 Å². The fraction of sp³-hybridized carbons (Fsp3) is 0.818. The summed E-state index contributed by atoms with van der Waals surface area (Å²) in [6.07, 6.45) is 2.31. The first-order chi connectivity index (χ1) is 9.11. The van der Waals surface area contributed by atoms with E-state index < -0.39 is 12.1 Å². The molecule has 0 aromatic rings. The second-order valence-corrected chi connectivity index (χ2v) is 6.73. The summed E-state index contributed by atoms with van der Waals surface area (Å²) in [7, 11) is 2.81. The summed E-state index contributed by atoms with van der Waals surface area (Å²) in [5.41, 5.74) is 11.4. The van der Waals surface area contributed by atoms with Crippen LogP contribution in [-0.4, -0.2) is 48.7 Å². The highest BCUT2D eigenvalue weighted by molar-refractivity contribution is 8.76. The normalized spacial score (nSPS) is 28.7. The van der Waals surface area contributed by atoms with Gasteiger partial charge in [0.05, 0.1) is 13.2 Å². The summed E-state index contributed by atoms with van der Waals surface area (Å²) in [6.45, 7) is 0.718. The number of hydrogen-bond acceptors (Lipinski definition) is 8. The molecular weight excluding hydrogens is 288 g/mol. The van der Waals surface area contributed by atoms with Crippen molar-refractivity contribution >= 4 is 33.5 Å². The van der Waals surface area contributed by atoms with Gasteiger partial charge < -0.3 is 20.9 Å². The Morgan fingerprint density at radius 1 is 0.842 bits per heavy atom. The first-order valence-corrected chi connectivity index (χ1v) is 8.69. The number of carbonyl (C=O) groups is 2. The number of carbonyl (C=O) groups excluding carboxylic acids is 2. The SMILES string of the molecule is NC1CSSC[C@H](N)C(=O)OCCCCCOC1=O. The molecule has 0 saturated carbocycles. The predicted octanol–water partition coefficient (Wildman–Crippen LogP) is 0.293. The number of cyclic esters (lactones) is 2. The van der Waals surface area contributed by atoms with E-state index in [0.717, 1.165) is 19.3 Å². The molecule has 0 spiro atoms. The van der Waals surface area contributed by atoms with E-state index in [2.05, 4.69) is 0 Å². The van der Waals surface area contributed by atoms with Gasteiger partial charge in [0.1, 0.15) is 12.1 Å². The van der Waals surface area contributed by atoms with Crippen LogP contribution in [0.5, 0.6) is 0 Å². The summed E-state index contributed by atoms with van der Waals surface area (Å²) in [5.74, 6) is 0.121. The van der Waals surface area contributed by atoms with Crippen molar-refractivity contribution in [3.05, 3.63) is 0 Å². The number of nitrogens with two attached hydrogens (primary N) is 2. The fourth-order valence-corrected chi connectivity index (χ4v) is 3.53. The molecule has 0 amide bonds.